The molecule has 15 heavy (non-hydrogen) atoms. The van der Waals surface area contributed by atoms with Gasteiger partial charge in [0.15, 0.2) is 0 Å². The third kappa shape index (κ3) is 2.85. The van der Waals surface area contributed by atoms with E-state index in [0.717, 1.165) is 5.75 Å². The Hall–Kier alpha value is -0.750. The van der Waals surface area contributed by atoms with E-state index >= 15 is 0 Å². The molecule has 0 radical (unpaired) electrons. The Morgan fingerprint density at radius 2 is 2.33 bits per heavy atom. The Morgan fingerprint density at radius 3 is 2.87 bits per heavy atom. The summed E-state index contributed by atoms with van der Waals surface area (Å²) in [5.41, 5.74) is 5.62. The van der Waals surface area contributed by atoms with Crippen LogP contribution in [0.2, 0.25) is 0 Å². The van der Waals surface area contributed by atoms with Crippen LogP contribution in [0.3, 0.4) is 0 Å². The van der Waals surface area contributed by atoms with E-state index in [4.69, 9.17) is 10.8 Å². The van der Waals surface area contributed by atoms with Crippen molar-refractivity contribution in [1.29, 1.82) is 0 Å². The molecule has 0 spiro atoms. The molecular weight excluding hydrogens is 216 g/mol. The van der Waals surface area contributed by atoms with Crippen molar-refractivity contribution >= 4 is 23.6 Å². The molecule has 1 heterocycles. The van der Waals surface area contributed by atoms with E-state index < -0.39 is 18.1 Å². The number of nitrogens with zero attached hydrogens (tertiary/aromatic N) is 1. The number of hydrogen-bond donors (Lipinski definition) is 2. The third-order valence-electron chi connectivity index (χ3n) is 2.45. The Morgan fingerprint density at radius 1 is 1.67 bits per heavy atom. The maximum absolute atomic E-state index is 11.8. The van der Waals surface area contributed by atoms with Crippen LogP contribution in [0.25, 0.3) is 0 Å². The van der Waals surface area contributed by atoms with Gasteiger partial charge in [-0.2, -0.15) is 11.8 Å². The minimum atomic E-state index is -0.946. The number of carboxylic acid groups (broad SMARTS) is 1. The highest BCUT2D eigenvalue weighted by Crippen LogP contribution is 2.17. The van der Waals surface area contributed by atoms with Crippen LogP contribution >= 0.6 is 11.8 Å². The lowest BCUT2D eigenvalue weighted by Crippen LogP contribution is -2.55. The van der Waals surface area contributed by atoms with Gasteiger partial charge in [-0.3, -0.25) is 4.79 Å². The number of aliphatic carboxylic acids is 1. The smallest absolute Gasteiger partial charge is 0.327 e. The highest BCUT2D eigenvalue weighted by atomic mass is 32.2. The van der Waals surface area contributed by atoms with Gasteiger partial charge >= 0.3 is 5.97 Å². The Labute approximate surface area is 93.0 Å². The maximum Gasteiger partial charge on any atom is 0.327 e. The van der Waals surface area contributed by atoms with Crippen LogP contribution < -0.4 is 5.73 Å². The molecule has 2 atom stereocenters. The van der Waals surface area contributed by atoms with Crippen molar-refractivity contribution in [2.45, 2.75) is 25.4 Å². The third-order valence-corrected chi connectivity index (χ3v) is 3.48. The lowest BCUT2D eigenvalue weighted by molar-refractivity contribution is -0.149. The van der Waals surface area contributed by atoms with Crippen molar-refractivity contribution in [1.82, 2.24) is 4.90 Å². The summed E-state index contributed by atoms with van der Waals surface area (Å²) in [6.45, 7) is 2.30. The number of amides is 1. The fourth-order valence-electron chi connectivity index (χ4n) is 1.46. The van der Waals surface area contributed by atoms with Gasteiger partial charge in [-0.25, -0.2) is 4.79 Å². The topological polar surface area (TPSA) is 83.6 Å². The lowest BCUT2D eigenvalue weighted by Gasteiger charge is -2.34. The number of nitrogens with two attached hydrogens (primary N) is 1. The van der Waals surface area contributed by atoms with E-state index in [1.165, 1.54) is 4.90 Å². The summed E-state index contributed by atoms with van der Waals surface area (Å²) in [6.07, 6.45) is 0.537. The predicted molar refractivity (Wildman–Crippen MR) is 58.7 cm³/mol. The van der Waals surface area contributed by atoms with E-state index in [2.05, 4.69) is 0 Å². The van der Waals surface area contributed by atoms with E-state index in [1.54, 1.807) is 11.8 Å². The molecule has 1 saturated heterocycles. The second kappa shape index (κ2) is 5.37. The molecule has 5 nitrogen and oxygen atoms in total. The van der Waals surface area contributed by atoms with E-state index in [0.29, 0.717) is 18.7 Å². The second-order valence-electron chi connectivity index (χ2n) is 3.48. The first-order valence-electron chi connectivity index (χ1n) is 4.94. The molecule has 6 heteroatoms. The Bertz CT molecular complexity index is 260. The van der Waals surface area contributed by atoms with Crippen LogP contribution in [0.5, 0.6) is 0 Å². The lowest BCUT2D eigenvalue weighted by atomic mass is 10.1. The summed E-state index contributed by atoms with van der Waals surface area (Å²) < 4.78 is 0. The first kappa shape index (κ1) is 12.3. The number of rotatable bonds is 3. The van der Waals surface area contributed by atoms with Crippen LogP contribution in [-0.2, 0) is 9.59 Å². The molecule has 1 rings (SSSR count). The van der Waals surface area contributed by atoms with E-state index in [1.807, 2.05) is 6.92 Å². The Balaban J connectivity index is 2.71. The highest BCUT2D eigenvalue weighted by molar-refractivity contribution is 7.99. The van der Waals surface area contributed by atoms with Crippen molar-refractivity contribution < 1.29 is 14.7 Å². The summed E-state index contributed by atoms with van der Waals surface area (Å²) in [7, 11) is 0. The number of carbonyl (C=O) groups is 2. The largest absolute Gasteiger partial charge is 0.480 e. The van der Waals surface area contributed by atoms with Crippen LogP contribution in [0, 0.1) is 0 Å². The van der Waals surface area contributed by atoms with E-state index in [9.17, 15) is 9.59 Å². The van der Waals surface area contributed by atoms with Crippen molar-refractivity contribution in [2.24, 2.45) is 5.73 Å². The van der Waals surface area contributed by atoms with Gasteiger partial charge in [0.25, 0.3) is 0 Å². The zero-order valence-corrected chi connectivity index (χ0v) is 9.50. The average Bonchev–Trinajstić information content (AvgIpc) is 2.27. The first-order chi connectivity index (χ1) is 7.07. The predicted octanol–water partition coefficient (Wildman–Crippen LogP) is -0.248. The summed E-state index contributed by atoms with van der Waals surface area (Å²) in [5.74, 6) is 0.0489. The SMILES string of the molecule is CC[C@@H](N)C(=O)N1CCSCC1C(=O)O. The average molecular weight is 232 g/mol. The summed E-state index contributed by atoms with van der Waals surface area (Å²) in [6, 6.07) is -1.29. The molecule has 1 aliphatic heterocycles. The number of hydrogen-bond acceptors (Lipinski definition) is 4. The summed E-state index contributed by atoms with van der Waals surface area (Å²) >= 11 is 1.56. The minimum Gasteiger partial charge on any atom is -0.480 e. The maximum atomic E-state index is 11.8. The van der Waals surface area contributed by atoms with Crippen molar-refractivity contribution in [2.75, 3.05) is 18.1 Å². The molecule has 1 amide bonds. The molecule has 0 aromatic heterocycles. The summed E-state index contributed by atoms with van der Waals surface area (Å²) in [5, 5.41) is 8.96. The van der Waals surface area contributed by atoms with Gasteiger partial charge in [0.05, 0.1) is 6.04 Å². The monoisotopic (exact) mass is 232 g/mol. The molecular formula is C9H16N2O3S. The summed E-state index contributed by atoms with van der Waals surface area (Å²) in [4.78, 5) is 24.1. The van der Waals surface area contributed by atoms with Gasteiger partial charge in [0.1, 0.15) is 6.04 Å². The van der Waals surface area contributed by atoms with E-state index in [-0.39, 0.29) is 5.91 Å². The van der Waals surface area contributed by atoms with Gasteiger partial charge in [0.2, 0.25) is 5.91 Å². The Kier molecular flexibility index (Phi) is 4.41. The van der Waals surface area contributed by atoms with Gasteiger partial charge < -0.3 is 15.7 Å². The first-order valence-corrected chi connectivity index (χ1v) is 6.10. The standard InChI is InChI=1S/C9H16N2O3S/c1-2-6(10)8(12)11-3-4-15-5-7(11)9(13)14/h6-7H,2-5,10H2,1H3,(H,13,14)/t6-,7?/m1/s1. The zero-order valence-electron chi connectivity index (χ0n) is 8.68. The normalized spacial score (nSPS) is 23.6. The number of carboxylic acids is 1. The molecule has 1 unspecified atom stereocenters. The molecule has 0 bridgehead atoms. The van der Waals surface area contributed by atoms with Crippen molar-refractivity contribution in [3.05, 3.63) is 0 Å². The molecule has 0 aliphatic carbocycles. The van der Waals surface area contributed by atoms with Gasteiger partial charge in [-0.15, -0.1) is 0 Å². The molecule has 1 fully saturated rings. The molecule has 86 valence electrons. The van der Waals surface area contributed by atoms with Crippen LogP contribution in [0.1, 0.15) is 13.3 Å². The van der Waals surface area contributed by atoms with Gasteiger partial charge in [-0.1, -0.05) is 6.92 Å². The molecule has 0 aromatic carbocycles. The van der Waals surface area contributed by atoms with Crippen LogP contribution in [-0.4, -0.2) is 52.0 Å². The zero-order chi connectivity index (χ0) is 11.4. The molecule has 0 saturated carbocycles. The van der Waals surface area contributed by atoms with Crippen LogP contribution in [0.4, 0.5) is 0 Å². The number of carbonyl (C=O) groups excluding carboxylic acids is 1. The number of thioether (sulfide) groups is 1. The quantitative estimate of drug-likeness (QED) is 0.701. The molecule has 0 aromatic rings. The van der Waals surface area contributed by atoms with Crippen LogP contribution in [0.15, 0.2) is 0 Å². The fraction of sp³-hybridized carbons (Fsp3) is 0.778. The van der Waals surface area contributed by atoms with Gasteiger partial charge in [0, 0.05) is 18.1 Å². The highest BCUT2D eigenvalue weighted by Gasteiger charge is 2.33. The molecule has 1 aliphatic rings. The molecule has 3 N–H and O–H groups in total. The van der Waals surface area contributed by atoms with Gasteiger partial charge in [-0.05, 0) is 6.42 Å². The minimum absolute atomic E-state index is 0.245. The van der Waals surface area contributed by atoms with Crippen molar-refractivity contribution in [3.63, 3.8) is 0 Å². The fourth-order valence-corrected chi connectivity index (χ4v) is 2.50. The second-order valence-corrected chi connectivity index (χ2v) is 4.63. The van der Waals surface area contributed by atoms with Crippen molar-refractivity contribution in [3.8, 4) is 0 Å².